The van der Waals surface area contributed by atoms with Crippen LogP contribution in [0.5, 0.6) is 0 Å². The Bertz CT molecular complexity index is 1180. The van der Waals surface area contributed by atoms with Crippen molar-refractivity contribution in [3.8, 4) is 0 Å². The van der Waals surface area contributed by atoms with Crippen LogP contribution in [0.1, 0.15) is 63.9 Å². The molecule has 36 heavy (non-hydrogen) atoms. The maximum Gasteiger partial charge on any atom is 0.416 e. The maximum atomic E-state index is 13.0. The Morgan fingerprint density at radius 1 is 1.06 bits per heavy atom. The van der Waals surface area contributed by atoms with Crippen LogP contribution in [-0.4, -0.2) is 57.4 Å². The van der Waals surface area contributed by atoms with Crippen molar-refractivity contribution in [1.29, 1.82) is 0 Å². The summed E-state index contributed by atoms with van der Waals surface area (Å²) < 4.78 is 39.0. The predicted molar refractivity (Wildman–Crippen MR) is 134 cm³/mol. The minimum Gasteiger partial charge on any atom is -0.367 e. The molecule has 1 aromatic heterocycles. The normalized spacial score (nSPS) is 30.4. The van der Waals surface area contributed by atoms with E-state index in [9.17, 15) is 18.0 Å². The summed E-state index contributed by atoms with van der Waals surface area (Å²) in [5, 5.41) is 4.07. The van der Waals surface area contributed by atoms with Crippen molar-refractivity contribution in [2.75, 3.05) is 11.9 Å². The SMILES string of the molecule is CC(=O)N1C2C=C(CN3[C@@H]4CC[C@H]3CC(Nc3ccc5cc(C(F)(F)F)ccc5n3)C4)CC1CCC2. The van der Waals surface area contributed by atoms with Gasteiger partial charge in [-0.1, -0.05) is 11.6 Å². The van der Waals surface area contributed by atoms with Gasteiger partial charge in [-0.05, 0) is 81.7 Å². The van der Waals surface area contributed by atoms with Crippen LogP contribution in [0.15, 0.2) is 42.0 Å². The minimum atomic E-state index is -4.35. The lowest BCUT2D eigenvalue weighted by atomic mass is 9.84. The van der Waals surface area contributed by atoms with Crippen LogP contribution in [0.3, 0.4) is 0 Å². The van der Waals surface area contributed by atoms with Gasteiger partial charge >= 0.3 is 6.18 Å². The zero-order valence-electron chi connectivity index (χ0n) is 20.6. The molecule has 6 rings (SSSR count). The first kappa shape index (κ1) is 23.8. The number of nitrogens with zero attached hydrogens (tertiary/aromatic N) is 3. The van der Waals surface area contributed by atoms with Crippen LogP contribution in [-0.2, 0) is 11.0 Å². The number of fused-ring (bicyclic) bond motifs is 5. The first-order valence-corrected chi connectivity index (χ1v) is 13.2. The lowest BCUT2D eigenvalue weighted by Crippen LogP contribution is -2.53. The molecule has 0 radical (unpaired) electrons. The van der Waals surface area contributed by atoms with E-state index in [2.05, 4.69) is 26.2 Å². The molecule has 1 N–H and O–H groups in total. The Labute approximate surface area is 209 Å². The van der Waals surface area contributed by atoms with Gasteiger partial charge in [0.05, 0.1) is 17.1 Å². The van der Waals surface area contributed by atoms with Gasteiger partial charge in [-0.25, -0.2) is 4.98 Å². The van der Waals surface area contributed by atoms with E-state index in [1.807, 2.05) is 0 Å². The molecule has 4 aliphatic rings. The zero-order valence-corrected chi connectivity index (χ0v) is 20.6. The van der Waals surface area contributed by atoms with E-state index in [0.29, 0.717) is 35.1 Å². The minimum absolute atomic E-state index is 0.204. The van der Waals surface area contributed by atoms with Gasteiger partial charge in [0.1, 0.15) is 5.82 Å². The number of aromatic nitrogens is 1. The average molecular weight is 499 g/mol. The highest BCUT2D eigenvalue weighted by molar-refractivity contribution is 5.81. The second-order valence-electron chi connectivity index (χ2n) is 11.1. The summed E-state index contributed by atoms with van der Waals surface area (Å²) in [6, 6.07) is 9.24. The molecule has 3 fully saturated rings. The van der Waals surface area contributed by atoms with Crippen molar-refractivity contribution in [1.82, 2.24) is 14.8 Å². The quantitative estimate of drug-likeness (QED) is 0.545. The van der Waals surface area contributed by atoms with Gasteiger partial charge in [-0.3, -0.25) is 9.69 Å². The Hall–Kier alpha value is -2.61. The highest BCUT2D eigenvalue weighted by atomic mass is 19.4. The summed E-state index contributed by atoms with van der Waals surface area (Å²) in [5.41, 5.74) is 1.43. The molecular formula is C28H33F3N4O. The molecule has 4 aliphatic heterocycles. The second-order valence-corrected chi connectivity index (χ2v) is 11.1. The fraction of sp³-hybridized carbons (Fsp3) is 0.571. The lowest BCUT2D eigenvalue weighted by Gasteiger charge is -2.46. The third kappa shape index (κ3) is 4.49. The molecule has 5 atom stereocenters. The van der Waals surface area contributed by atoms with Crippen molar-refractivity contribution < 1.29 is 18.0 Å². The van der Waals surface area contributed by atoms with Gasteiger partial charge < -0.3 is 10.2 Å². The van der Waals surface area contributed by atoms with Crippen LogP contribution < -0.4 is 5.32 Å². The van der Waals surface area contributed by atoms with Crippen molar-refractivity contribution in [3.63, 3.8) is 0 Å². The van der Waals surface area contributed by atoms with Gasteiger partial charge in [0.2, 0.25) is 5.91 Å². The Morgan fingerprint density at radius 2 is 1.83 bits per heavy atom. The summed E-state index contributed by atoms with van der Waals surface area (Å²) in [4.78, 5) is 21.6. The van der Waals surface area contributed by atoms with E-state index < -0.39 is 11.7 Å². The highest BCUT2D eigenvalue weighted by Crippen LogP contribution is 2.40. The molecular weight excluding hydrogens is 465 g/mol. The Morgan fingerprint density at radius 3 is 2.53 bits per heavy atom. The summed E-state index contributed by atoms with van der Waals surface area (Å²) in [5.74, 6) is 0.933. The molecule has 0 spiro atoms. The topological polar surface area (TPSA) is 48.5 Å². The van der Waals surface area contributed by atoms with Crippen molar-refractivity contribution in [2.24, 2.45) is 0 Å². The standard InChI is InChI=1S/C28H33F3N4O/c1-17(36)35-24-3-2-4-25(35)12-18(11-24)16-34-22-7-8-23(34)15-21(14-22)32-27-10-5-19-13-20(28(29,30)31)6-9-26(19)33-27/h5-6,9-11,13,21-25H,2-4,7-8,12,14-16H2,1H3,(H,32,33)/t21?,22-,23+,24?,25?. The summed E-state index contributed by atoms with van der Waals surface area (Å²) in [6.45, 7) is 2.71. The smallest absolute Gasteiger partial charge is 0.367 e. The maximum absolute atomic E-state index is 13.0. The van der Waals surface area contributed by atoms with E-state index in [-0.39, 0.29) is 11.9 Å². The molecule has 5 heterocycles. The molecule has 4 bridgehead atoms. The largest absolute Gasteiger partial charge is 0.416 e. The molecule has 3 saturated heterocycles. The number of nitrogens with one attached hydrogen (secondary N) is 1. The van der Waals surface area contributed by atoms with E-state index in [4.69, 9.17) is 0 Å². The van der Waals surface area contributed by atoms with Crippen LogP contribution in [0.25, 0.3) is 10.9 Å². The summed E-state index contributed by atoms with van der Waals surface area (Å²) in [7, 11) is 0. The number of hydrogen-bond donors (Lipinski definition) is 1. The van der Waals surface area contributed by atoms with Crippen molar-refractivity contribution >= 4 is 22.6 Å². The van der Waals surface area contributed by atoms with E-state index in [1.165, 1.54) is 30.9 Å². The van der Waals surface area contributed by atoms with Gasteiger partial charge in [0, 0.05) is 43.0 Å². The number of amides is 1. The number of halogens is 3. The summed E-state index contributed by atoms with van der Waals surface area (Å²) in [6.07, 6.45) is 6.93. The van der Waals surface area contributed by atoms with E-state index in [0.717, 1.165) is 56.6 Å². The highest BCUT2D eigenvalue weighted by Gasteiger charge is 2.42. The number of carbonyl (C=O) groups excluding carboxylic acids is 1. The molecule has 1 aromatic carbocycles. The number of rotatable bonds is 4. The van der Waals surface area contributed by atoms with Crippen LogP contribution in [0.4, 0.5) is 19.0 Å². The van der Waals surface area contributed by atoms with Crippen molar-refractivity contribution in [2.45, 2.75) is 94.7 Å². The molecule has 1 amide bonds. The predicted octanol–water partition coefficient (Wildman–Crippen LogP) is 5.76. The first-order chi connectivity index (χ1) is 17.2. The van der Waals surface area contributed by atoms with E-state index >= 15 is 0 Å². The van der Waals surface area contributed by atoms with Gasteiger partial charge in [-0.15, -0.1) is 0 Å². The Kier molecular flexibility index (Phi) is 5.97. The molecule has 3 unspecified atom stereocenters. The third-order valence-electron chi connectivity index (χ3n) is 8.72. The van der Waals surface area contributed by atoms with Crippen molar-refractivity contribution in [3.05, 3.63) is 47.5 Å². The molecule has 0 aliphatic carbocycles. The molecule has 2 aromatic rings. The molecule has 192 valence electrons. The monoisotopic (exact) mass is 498 g/mol. The number of alkyl halides is 3. The van der Waals surface area contributed by atoms with E-state index in [1.54, 1.807) is 19.1 Å². The van der Waals surface area contributed by atoms with Crippen LogP contribution in [0.2, 0.25) is 0 Å². The molecule has 8 heteroatoms. The second kappa shape index (κ2) is 9.05. The lowest BCUT2D eigenvalue weighted by molar-refractivity contribution is -0.137. The average Bonchev–Trinajstić information content (AvgIpc) is 3.04. The van der Waals surface area contributed by atoms with Crippen LogP contribution >= 0.6 is 0 Å². The first-order valence-electron chi connectivity index (χ1n) is 13.2. The molecule has 5 nitrogen and oxygen atoms in total. The Balaban J connectivity index is 1.11. The molecule has 0 saturated carbocycles. The zero-order chi connectivity index (χ0) is 25.0. The van der Waals surface area contributed by atoms with Gasteiger partial charge in [0.15, 0.2) is 0 Å². The van der Waals surface area contributed by atoms with Gasteiger partial charge in [-0.2, -0.15) is 13.2 Å². The number of pyridine rings is 1. The fourth-order valence-electron chi connectivity index (χ4n) is 7.20. The number of hydrogen-bond acceptors (Lipinski definition) is 4. The fourth-order valence-corrected chi connectivity index (χ4v) is 7.20. The number of carbonyl (C=O) groups is 1. The number of benzene rings is 1. The van der Waals surface area contributed by atoms with Crippen LogP contribution in [0, 0.1) is 0 Å². The number of anilines is 1. The third-order valence-corrected chi connectivity index (χ3v) is 8.72. The number of piperidine rings is 2. The van der Waals surface area contributed by atoms with Gasteiger partial charge in [0.25, 0.3) is 0 Å². The summed E-state index contributed by atoms with van der Waals surface area (Å²) >= 11 is 0.